The zero-order valence-electron chi connectivity index (χ0n) is 13.9. The van der Waals surface area contributed by atoms with E-state index in [4.69, 9.17) is 0 Å². The second-order valence-corrected chi connectivity index (χ2v) is 6.88. The van der Waals surface area contributed by atoms with Gasteiger partial charge >= 0.3 is 0 Å². The van der Waals surface area contributed by atoms with Gasteiger partial charge in [0.1, 0.15) is 0 Å². The van der Waals surface area contributed by atoms with Gasteiger partial charge in [0.15, 0.2) is 0 Å². The van der Waals surface area contributed by atoms with Gasteiger partial charge in [-0.15, -0.1) is 11.6 Å². The van der Waals surface area contributed by atoms with Crippen molar-refractivity contribution in [2.75, 3.05) is 0 Å². The van der Waals surface area contributed by atoms with Gasteiger partial charge in [-0.2, -0.15) is 23.8 Å². The predicted molar refractivity (Wildman–Crippen MR) is 85.2 cm³/mol. The molecular formula is C19H27Hf-3. The zero-order valence-corrected chi connectivity index (χ0v) is 17.4. The molecule has 1 aromatic carbocycles. The van der Waals surface area contributed by atoms with Crippen molar-refractivity contribution in [2.45, 2.75) is 57.8 Å². The van der Waals surface area contributed by atoms with Gasteiger partial charge in [-0.1, -0.05) is 45.2 Å². The zero-order chi connectivity index (χ0) is 12.3. The van der Waals surface area contributed by atoms with Gasteiger partial charge < -0.3 is 14.9 Å². The monoisotopic (exact) mass is 435 g/mol. The Hall–Kier alpha value is -0.170. The van der Waals surface area contributed by atoms with E-state index in [1.807, 2.05) is 0 Å². The Morgan fingerprint density at radius 1 is 0.900 bits per heavy atom. The van der Waals surface area contributed by atoms with Crippen molar-refractivity contribution in [3.8, 4) is 0 Å². The van der Waals surface area contributed by atoms with Crippen LogP contribution < -0.4 is 0 Å². The van der Waals surface area contributed by atoms with Crippen LogP contribution in [-0.4, -0.2) is 0 Å². The quantitative estimate of drug-likeness (QED) is 0.390. The predicted octanol–water partition coefficient (Wildman–Crippen LogP) is 5.20. The van der Waals surface area contributed by atoms with E-state index in [1.165, 1.54) is 24.0 Å². The van der Waals surface area contributed by atoms with Crippen molar-refractivity contribution < 1.29 is 25.8 Å². The van der Waals surface area contributed by atoms with Crippen LogP contribution in [0, 0.1) is 20.9 Å². The van der Waals surface area contributed by atoms with Gasteiger partial charge in [-0.05, 0) is 23.7 Å². The summed E-state index contributed by atoms with van der Waals surface area (Å²) >= 11 is 0. The van der Waals surface area contributed by atoms with Crippen molar-refractivity contribution in [3.05, 3.63) is 61.4 Å². The molecule has 0 N–H and O–H groups in total. The fraction of sp³-hybridized carbons (Fsp3) is 0.474. The third-order valence-electron chi connectivity index (χ3n) is 4.66. The third kappa shape index (κ3) is 3.03. The summed E-state index contributed by atoms with van der Waals surface area (Å²) in [5.41, 5.74) is 6.58. The molecule has 3 rings (SSSR count). The van der Waals surface area contributed by atoms with Crippen molar-refractivity contribution in [3.63, 3.8) is 0 Å². The van der Waals surface area contributed by atoms with Crippen LogP contribution in [0.3, 0.4) is 0 Å². The van der Waals surface area contributed by atoms with Crippen molar-refractivity contribution in [2.24, 2.45) is 0 Å². The van der Waals surface area contributed by atoms with Crippen molar-refractivity contribution >= 4 is 0 Å². The minimum absolute atomic E-state index is 0. The van der Waals surface area contributed by atoms with E-state index in [0.717, 1.165) is 6.42 Å². The molecule has 0 heterocycles. The average Bonchev–Trinajstić information content (AvgIpc) is 2.70. The van der Waals surface area contributed by atoms with Gasteiger partial charge in [0.05, 0.1) is 0 Å². The molecule has 1 aromatic rings. The Morgan fingerprint density at radius 3 is 1.95 bits per heavy atom. The number of hydrogen-bond acceptors (Lipinski definition) is 0. The molecule has 0 saturated heterocycles. The second kappa shape index (κ2) is 6.30. The minimum atomic E-state index is 0. The van der Waals surface area contributed by atoms with Gasteiger partial charge in [-0.3, -0.25) is 0 Å². The van der Waals surface area contributed by atoms with E-state index in [9.17, 15) is 0 Å². The molecular weight excluding hydrogens is 407 g/mol. The van der Waals surface area contributed by atoms with Gasteiger partial charge in [0, 0.05) is 25.8 Å². The Morgan fingerprint density at radius 2 is 1.40 bits per heavy atom. The maximum atomic E-state index is 3.39. The first kappa shape index (κ1) is 19.8. The van der Waals surface area contributed by atoms with Crippen LogP contribution >= 0.6 is 0 Å². The second-order valence-electron chi connectivity index (χ2n) is 6.88. The largest absolute Gasteiger partial charge is 0.358 e. The van der Waals surface area contributed by atoms with E-state index in [0.29, 0.717) is 10.8 Å². The first-order chi connectivity index (χ1) is 7.90. The van der Waals surface area contributed by atoms with Crippen LogP contribution in [0.25, 0.3) is 0 Å². The van der Waals surface area contributed by atoms with E-state index < -0.39 is 0 Å². The molecule has 0 aliphatic heterocycles. The van der Waals surface area contributed by atoms with E-state index in [-0.39, 0.29) is 40.7 Å². The summed E-state index contributed by atoms with van der Waals surface area (Å²) in [6.45, 7) is 9.54. The normalized spacial score (nSPS) is 19.8. The third-order valence-corrected chi connectivity index (χ3v) is 4.66. The van der Waals surface area contributed by atoms with Crippen LogP contribution in [0.1, 0.15) is 62.8 Å². The molecule has 0 spiro atoms. The molecule has 2 aliphatic carbocycles. The fourth-order valence-corrected chi connectivity index (χ4v) is 3.23. The number of rotatable bonds is 0. The van der Waals surface area contributed by atoms with E-state index in [1.54, 1.807) is 11.1 Å². The first-order valence-electron chi connectivity index (χ1n) is 6.66. The summed E-state index contributed by atoms with van der Waals surface area (Å²) in [4.78, 5) is 0. The SMILES string of the molecule is CC1(C)CCC(C)(C)c2cc3c(cc21)[C-]=CC3.[CH3-].[CH3-].[Hf]. The summed E-state index contributed by atoms with van der Waals surface area (Å²) < 4.78 is 0. The summed E-state index contributed by atoms with van der Waals surface area (Å²) in [6.07, 6.45) is 9.20. The molecule has 110 valence electrons. The Kier molecular flexibility index (Phi) is 6.24. The molecule has 0 saturated carbocycles. The standard InChI is InChI=1S/C17H21.2CH3.Hf/c1-16(2)8-9-17(3,4)15-11-13-7-5-6-12(13)10-14(15)16;;;/h5,10-11H,6,8-9H2,1-4H3;2*1H3;/q3*-1;. The Bertz CT molecular complexity index is 507. The Balaban J connectivity index is 0.00000120. The topological polar surface area (TPSA) is 0 Å². The summed E-state index contributed by atoms with van der Waals surface area (Å²) in [5.74, 6) is 0. The van der Waals surface area contributed by atoms with Gasteiger partial charge in [-0.25, -0.2) is 0 Å². The summed E-state index contributed by atoms with van der Waals surface area (Å²) in [6, 6.07) is 4.84. The minimum Gasteiger partial charge on any atom is -0.358 e. The van der Waals surface area contributed by atoms with Crippen LogP contribution in [0.2, 0.25) is 0 Å². The van der Waals surface area contributed by atoms with Crippen LogP contribution in [0.15, 0.2) is 18.2 Å². The van der Waals surface area contributed by atoms with Crippen LogP contribution in [0.5, 0.6) is 0 Å². The van der Waals surface area contributed by atoms with Crippen LogP contribution in [-0.2, 0) is 43.1 Å². The first-order valence-corrected chi connectivity index (χ1v) is 6.66. The molecule has 0 amide bonds. The van der Waals surface area contributed by atoms with Crippen LogP contribution in [0.4, 0.5) is 0 Å². The molecule has 0 fully saturated rings. The molecule has 1 heteroatoms. The molecule has 0 bridgehead atoms. The molecule has 0 aromatic heterocycles. The van der Waals surface area contributed by atoms with Crippen molar-refractivity contribution in [1.29, 1.82) is 0 Å². The molecule has 20 heavy (non-hydrogen) atoms. The number of hydrogen-bond donors (Lipinski definition) is 0. The Labute approximate surface area is 144 Å². The molecule has 2 aliphatic rings. The average molecular weight is 434 g/mol. The number of fused-ring (bicyclic) bond motifs is 2. The summed E-state index contributed by atoms with van der Waals surface area (Å²) in [7, 11) is 0. The molecule has 0 atom stereocenters. The molecule has 0 unspecified atom stereocenters. The molecule has 0 nitrogen and oxygen atoms in total. The summed E-state index contributed by atoms with van der Waals surface area (Å²) in [5, 5.41) is 0. The van der Waals surface area contributed by atoms with Gasteiger partial charge in [0.25, 0.3) is 0 Å². The number of benzene rings is 1. The van der Waals surface area contributed by atoms with Gasteiger partial charge in [0.2, 0.25) is 0 Å². The van der Waals surface area contributed by atoms with E-state index >= 15 is 0 Å². The van der Waals surface area contributed by atoms with E-state index in [2.05, 4.69) is 52.0 Å². The van der Waals surface area contributed by atoms with Crippen molar-refractivity contribution in [1.82, 2.24) is 0 Å². The maximum absolute atomic E-state index is 3.39. The fourth-order valence-electron chi connectivity index (χ4n) is 3.23. The molecule has 0 radical (unpaired) electrons. The number of allylic oxidation sites excluding steroid dienone is 1. The maximum Gasteiger partial charge on any atom is 0 e. The smallest absolute Gasteiger partial charge is 0 e.